The summed E-state index contributed by atoms with van der Waals surface area (Å²) < 4.78 is 9.11. The first-order valence-corrected chi connectivity index (χ1v) is 10.1. The van der Waals surface area contributed by atoms with Gasteiger partial charge in [0.05, 0.1) is 19.3 Å². The number of rotatable bonds is 11. The Kier molecular flexibility index (Phi) is 10.9. The minimum absolute atomic E-state index is 0.0150. The maximum Gasteiger partial charge on any atom is 0.346 e. The molecular formula is C20H32O7. The van der Waals surface area contributed by atoms with Crippen LogP contribution in [-0.2, 0) is 28.7 Å². The maximum absolute atomic E-state index is 12.1. The van der Waals surface area contributed by atoms with Gasteiger partial charge in [0, 0.05) is 0 Å². The van der Waals surface area contributed by atoms with E-state index in [1.165, 1.54) is 38.5 Å². The van der Waals surface area contributed by atoms with Crippen LogP contribution in [0.15, 0.2) is 0 Å². The van der Waals surface area contributed by atoms with Gasteiger partial charge in [0.2, 0.25) is 0 Å². The standard InChI is InChI=1S/C20H32O7/c1-2-3-4-5-6-7-8-9-10-11-14-20(25)15-18(23)26-16(21)12-13-17(22)27-19(20)24/h25H,2-15H2,1H3. The van der Waals surface area contributed by atoms with E-state index in [-0.39, 0.29) is 19.3 Å². The molecule has 1 aliphatic rings. The molecule has 0 aromatic carbocycles. The summed E-state index contributed by atoms with van der Waals surface area (Å²) >= 11 is 0. The molecule has 7 heteroatoms. The fourth-order valence-corrected chi connectivity index (χ4v) is 3.07. The second-order valence-corrected chi connectivity index (χ2v) is 7.25. The molecule has 0 bridgehead atoms. The summed E-state index contributed by atoms with van der Waals surface area (Å²) in [6.45, 7) is 2.19. The summed E-state index contributed by atoms with van der Waals surface area (Å²) in [7, 11) is 0. The number of hydrogen-bond donors (Lipinski definition) is 1. The van der Waals surface area contributed by atoms with E-state index in [1.54, 1.807) is 0 Å². The van der Waals surface area contributed by atoms with Gasteiger partial charge >= 0.3 is 23.9 Å². The molecule has 1 saturated heterocycles. The molecule has 0 saturated carbocycles. The van der Waals surface area contributed by atoms with Gasteiger partial charge in [0.1, 0.15) is 0 Å². The first-order chi connectivity index (χ1) is 12.9. The average Bonchev–Trinajstić information content (AvgIpc) is 2.60. The van der Waals surface area contributed by atoms with Gasteiger partial charge in [-0.05, 0) is 12.8 Å². The first-order valence-electron chi connectivity index (χ1n) is 10.1. The van der Waals surface area contributed by atoms with E-state index in [1.807, 2.05) is 0 Å². The van der Waals surface area contributed by atoms with Crippen LogP contribution in [0.1, 0.15) is 96.8 Å². The monoisotopic (exact) mass is 384 g/mol. The minimum Gasteiger partial charge on any atom is -0.393 e. The molecular weight excluding hydrogens is 352 g/mol. The summed E-state index contributed by atoms with van der Waals surface area (Å²) in [6.07, 6.45) is 9.40. The fourth-order valence-electron chi connectivity index (χ4n) is 3.07. The van der Waals surface area contributed by atoms with Crippen molar-refractivity contribution in [1.29, 1.82) is 0 Å². The third-order valence-electron chi connectivity index (χ3n) is 4.73. The lowest BCUT2D eigenvalue weighted by atomic mass is 9.92. The van der Waals surface area contributed by atoms with Crippen molar-refractivity contribution in [3.63, 3.8) is 0 Å². The molecule has 0 spiro atoms. The van der Waals surface area contributed by atoms with Crippen LogP contribution in [-0.4, -0.2) is 34.6 Å². The number of esters is 4. The van der Waals surface area contributed by atoms with Crippen LogP contribution in [0, 0.1) is 0 Å². The Hall–Kier alpha value is -1.76. The van der Waals surface area contributed by atoms with Crippen molar-refractivity contribution in [3.8, 4) is 0 Å². The van der Waals surface area contributed by atoms with Crippen LogP contribution >= 0.6 is 0 Å². The Morgan fingerprint density at radius 2 is 1.22 bits per heavy atom. The normalized spacial score (nSPS) is 21.7. The lowest BCUT2D eigenvalue weighted by Gasteiger charge is -2.25. The van der Waals surface area contributed by atoms with E-state index in [0.29, 0.717) is 6.42 Å². The van der Waals surface area contributed by atoms with Crippen LogP contribution in [0.2, 0.25) is 0 Å². The Bertz CT molecular complexity index is 514. The molecule has 7 nitrogen and oxygen atoms in total. The zero-order chi connectivity index (χ0) is 20.1. The van der Waals surface area contributed by atoms with Gasteiger partial charge in [-0.25, -0.2) is 4.79 Å². The molecule has 0 aliphatic carbocycles. The predicted molar refractivity (Wildman–Crippen MR) is 97.5 cm³/mol. The van der Waals surface area contributed by atoms with Crippen molar-refractivity contribution >= 4 is 23.9 Å². The molecule has 0 aromatic heterocycles. The van der Waals surface area contributed by atoms with Crippen molar-refractivity contribution in [3.05, 3.63) is 0 Å². The Morgan fingerprint density at radius 1 is 0.741 bits per heavy atom. The van der Waals surface area contributed by atoms with Crippen LogP contribution in [0.5, 0.6) is 0 Å². The van der Waals surface area contributed by atoms with Crippen LogP contribution < -0.4 is 0 Å². The zero-order valence-corrected chi connectivity index (χ0v) is 16.3. The van der Waals surface area contributed by atoms with Crippen molar-refractivity contribution in [2.24, 2.45) is 0 Å². The quantitative estimate of drug-likeness (QED) is 0.331. The number of ether oxygens (including phenoxy) is 2. The van der Waals surface area contributed by atoms with Gasteiger partial charge in [0.15, 0.2) is 5.60 Å². The lowest BCUT2D eigenvalue weighted by Crippen LogP contribution is -2.44. The van der Waals surface area contributed by atoms with Crippen LogP contribution in [0.4, 0.5) is 0 Å². The molecule has 1 rings (SSSR count). The van der Waals surface area contributed by atoms with E-state index < -0.39 is 35.9 Å². The van der Waals surface area contributed by atoms with Gasteiger partial charge in [-0.1, -0.05) is 64.7 Å². The van der Waals surface area contributed by atoms with E-state index in [9.17, 15) is 24.3 Å². The molecule has 154 valence electrons. The van der Waals surface area contributed by atoms with E-state index in [2.05, 4.69) is 16.4 Å². The number of hydrogen-bond acceptors (Lipinski definition) is 7. The molecule has 1 heterocycles. The SMILES string of the molecule is CCCCCCCCCCCCC1(O)CC(=O)OC(=O)CCC(=O)OC1=O. The van der Waals surface area contributed by atoms with Crippen molar-refractivity contribution < 1.29 is 33.8 Å². The van der Waals surface area contributed by atoms with Gasteiger partial charge in [0.25, 0.3) is 0 Å². The molecule has 0 amide bonds. The molecule has 0 radical (unpaired) electrons. The highest BCUT2D eigenvalue weighted by Crippen LogP contribution is 2.24. The lowest BCUT2D eigenvalue weighted by molar-refractivity contribution is -0.183. The van der Waals surface area contributed by atoms with Crippen molar-refractivity contribution in [2.75, 3.05) is 0 Å². The highest BCUT2D eigenvalue weighted by atomic mass is 16.6. The highest BCUT2D eigenvalue weighted by molar-refractivity contribution is 5.96. The Labute approximate surface area is 160 Å². The number of aliphatic hydroxyl groups is 1. The molecule has 1 N–H and O–H groups in total. The molecule has 1 fully saturated rings. The predicted octanol–water partition coefficient (Wildman–Crippen LogP) is 3.35. The molecule has 1 atom stereocenters. The maximum atomic E-state index is 12.1. The molecule has 0 aromatic rings. The number of carbonyl (C=O) groups excluding carboxylic acids is 4. The van der Waals surface area contributed by atoms with Gasteiger partial charge in [-0.2, -0.15) is 0 Å². The van der Waals surface area contributed by atoms with Crippen LogP contribution in [0.3, 0.4) is 0 Å². The Morgan fingerprint density at radius 3 is 1.78 bits per heavy atom. The van der Waals surface area contributed by atoms with Gasteiger partial charge in [-0.3, -0.25) is 14.4 Å². The third kappa shape index (κ3) is 9.65. The zero-order valence-electron chi connectivity index (χ0n) is 16.3. The number of unbranched alkanes of at least 4 members (excludes halogenated alkanes) is 9. The summed E-state index contributed by atoms with van der Waals surface area (Å²) in [5.74, 6) is -3.91. The first kappa shape index (κ1) is 23.3. The highest BCUT2D eigenvalue weighted by Gasteiger charge is 2.42. The summed E-state index contributed by atoms with van der Waals surface area (Å²) in [5, 5.41) is 10.5. The van der Waals surface area contributed by atoms with Crippen molar-refractivity contribution in [1.82, 2.24) is 0 Å². The largest absolute Gasteiger partial charge is 0.393 e. The topological polar surface area (TPSA) is 107 Å². The minimum atomic E-state index is -2.13. The summed E-state index contributed by atoms with van der Waals surface area (Å²) in [4.78, 5) is 46.7. The van der Waals surface area contributed by atoms with E-state index in [0.717, 1.165) is 19.3 Å². The molecule has 1 aliphatic heterocycles. The number of carbonyl (C=O) groups is 4. The third-order valence-corrected chi connectivity index (χ3v) is 4.73. The van der Waals surface area contributed by atoms with Gasteiger partial charge in [-0.15, -0.1) is 0 Å². The van der Waals surface area contributed by atoms with Gasteiger partial charge < -0.3 is 14.6 Å². The fraction of sp³-hybridized carbons (Fsp3) is 0.800. The van der Waals surface area contributed by atoms with E-state index in [4.69, 9.17) is 0 Å². The Balaban J connectivity index is 2.37. The molecule has 1 unspecified atom stereocenters. The summed E-state index contributed by atoms with van der Waals surface area (Å²) in [5.41, 5.74) is -2.13. The second-order valence-electron chi connectivity index (χ2n) is 7.25. The average molecular weight is 384 g/mol. The van der Waals surface area contributed by atoms with Crippen molar-refractivity contribution in [2.45, 2.75) is 102 Å². The second kappa shape index (κ2) is 12.6. The molecule has 27 heavy (non-hydrogen) atoms. The number of cyclic esters (lactones) is 4. The smallest absolute Gasteiger partial charge is 0.346 e. The summed E-state index contributed by atoms with van der Waals surface area (Å²) in [6, 6.07) is 0. The van der Waals surface area contributed by atoms with Crippen LogP contribution in [0.25, 0.3) is 0 Å². The van der Waals surface area contributed by atoms with E-state index >= 15 is 0 Å².